The first-order valence-electron chi connectivity index (χ1n) is 3.48. The van der Waals surface area contributed by atoms with Crippen molar-refractivity contribution in [1.82, 2.24) is 0 Å². The Morgan fingerprint density at radius 3 is 2.57 bits per heavy atom. The quantitative estimate of drug-likeness (QED) is 0.915. The van der Waals surface area contributed by atoms with E-state index in [9.17, 15) is 13.6 Å². The summed E-state index contributed by atoms with van der Waals surface area (Å²) in [7, 11) is 0. The van der Waals surface area contributed by atoms with E-state index in [2.05, 4.69) is 20.7 Å². The van der Waals surface area contributed by atoms with Crippen molar-refractivity contribution in [3.8, 4) is 5.75 Å². The fourth-order valence-electron chi connectivity index (χ4n) is 0.825. The molecule has 0 saturated heterocycles. The Bertz CT molecular complexity index is 354. The highest BCUT2D eigenvalue weighted by atomic mass is 79.9. The summed E-state index contributed by atoms with van der Waals surface area (Å²) in [6.45, 7) is -2.93. The lowest BCUT2D eigenvalue weighted by Crippen LogP contribution is -2.03. The highest BCUT2D eigenvalue weighted by Crippen LogP contribution is 2.27. The third-order valence-electron chi connectivity index (χ3n) is 1.39. The molecule has 0 aliphatic carbocycles. The molecule has 0 aliphatic heterocycles. The molecule has 0 amide bonds. The van der Waals surface area contributed by atoms with Gasteiger partial charge in [0.25, 0.3) is 0 Å². The molecule has 6 heteroatoms. The Labute approximate surface area is 86.4 Å². The molecule has 1 aromatic carbocycles. The molecule has 0 heterocycles. The summed E-state index contributed by atoms with van der Waals surface area (Å²) >= 11 is 2.92. The van der Waals surface area contributed by atoms with Crippen LogP contribution in [-0.4, -0.2) is 17.7 Å². The lowest BCUT2D eigenvalue weighted by Gasteiger charge is -2.06. The van der Waals surface area contributed by atoms with E-state index < -0.39 is 12.6 Å². The maximum atomic E-state index is 11.8. The van der Waals surface area contributed by atoms with Crippen molar-refractivity contribution in [3.63, 3.8) is 0 Å². The highest BCUT2D eigenvalue weighted by molar-refractivity contribution is 9.10. The van der Waals surface area contributed by atoms with Gasteiger partial charge in [0.1, 0.15) is 5.75 Å². The SMILES string of the molecule is O=C(O)c1ccc(OC(F)F)c(Br)c1. The lowest BCUT2D eigenvalue weighted by molar-refractivity contribution is -0.0503. The summed E-state index contributed by atoms with van der Waals surface area (Å²) in [5.41, 5.74) is -0.00140. The number of alkyl halides is 2. The molecule has 14 heavy (non-hydrogen) atoms. The molecular weight excluding hydrogens is 262 g/mol. The normalized spacial score (nSPS) is 10.3. The Balaban J connectivity index is 2.95. The first kappa shape index (κ1) is 10.9. The lowest BCUT2D eigenvalue weighted by atomic mass is 10.2. The van der Waals surface area contributed by atoms with Gasteiger partial charge in [-0.2, -0.15) is 8.78 Å². The van der Waals surface area contributed by atoms with Gasteiger partial charge in [-0.3, -0.25) is 0 Å². The van der Waals surface area contributed by atoms with Crippen molar-refractivity contribution in [2.75, 3.05) is 0 Å². The fourth-order valence-corrected chi connectivity index (χ4v) is 1.30. The third-order valence-corrected chi connectivity index (χ3v) is 2.01. The number of hydrogen-bond acceptors (Lipinski definition) is 2. The third kappa shape index (κ3) is 2.66. The van der Waals surface area contributed by atoms with E-state index in [4.69, 9.17) is 5.11 Å². The number of halogens is 3. The second kappa shape index (κ2) is 4.36. The second-order valence-corrected chi connectivity index (χ2v) is 3.18. The van der Waals surface area contributed by atoms with Crippen LogP contribution in [0.5, 0.6) is 5.75 Å². The minimum Gasteiger partial charge on any atom is -0.478 e. The summed E-state index contributed by atoms with van der Waals surface area (Å²) in [5.74, 6) is -1.22. The Hall–Kier alpha value is -1.17. The first-order valence-corrected chi connectivity index (χ1v) is 4.27. The van der Waals surface area contributed by atoms with Gasteiger partial charge in [0, 0.05) is 0 Å². The van der Waals surface area contributed by atoms with E-state index in [0.29, 0.717) is 0 Å². The van der Waals surface area contributed by atoms with Crippen LogP contribution in [-0.2, 0) is 0 Å². The molecule has 1 aromatic rings. The zero-order chi connectivity index (χ0) is 10.7. The predicted molar refractivity (Wildman–Crippen MR) is 47.7 cm³/mol. The average molecular weight is 267 g/mol. The van der Waals surface area contributed by atoms with Gasteiger partial charge in [0.15, 0.2) is 0 Å². The minimum atomic E-state index is -2.93. The van der Waals surface area contributed by atoms with Crippen LogP contribution in [0.15, 0.2) is 22.7 Å². The van der Waals surface area contributed by atoms with Gasteiger partial charge in [0.05, 0.1) is 10.0 Å². The van der Waals surface area contributed by atoms with Crippen molar-refractivity contribution in [1.29, 1.82) is 0 Å². The largest absolute Gasteiger partial charge is 0.478 e. The van der Waals surface area contributed by atoms with Crippen LogP contribution in [0.25, 0.3) is 0 Å². The van der Waals surface area contributed by atoms with Crippen molar-refractivity contribution >= 4 is 21.9 Å². The highest BCUT2D eigenvalue weighted by Gasteiger charge is 2.10. The smallest absolute Gasteiger partial charge is 0.387 e. The molecule has 0 spiro atoms. The van der Waals surface area contributed by atoms with Crippen molar-refractivity contribution in [2.45, 2.75) is 6.61 Å². The molecular formula is C8H5BrF2O3. The number of aromatic carboxylic acids is 1. The van der Waals surface area contributed by atoms with Crippen LogP contribution < -0.4 is 4.74 Å². The van der Waals surface area contributed by atoms with Gasteiger partial charge in [0.2, 0.25) is 0 Å². The number of carboxylic acid groups (broad SMARTS) is 1. The van der Waals surface area contributed by atoms with Gasteiger partial charge < -0.3 is 9.84 Å². The topological polar surface area (TPSA) is 46.5 Å². The van der Waals surface area contributed by atoms with E-state index in [1.165, 1.54) is 18.2 Å². The van der Waals surface area contributed by atoms with Crippen molar-refractivity contribution in [3.05, 3.63) is 28.2 Å². The zero-order valence-electron chi connectivity index (χ0n) is 6.71. The Morgan fingerprint density at radius 1 is 1.50 bits per heavy atom. The zero-order valence-corrected chi connectivity index (χ0v) is 8.29. The van der Waals surface area contributed by atoms with Crippen molar-refractivity contribution < 1.29 is 23.4 Å². The first-order chi connectivity index (χ1) is 6.50. The number of carbonyl (C=O) groups is 1. The second-order valence-electron chi connectivity index (χ2n) is 2.33. The van der Waals surface area contributed by atoms with E-state index >= 15 is 0 Å². The summed E-state index contributed by atoms with van der Waals surface area (Å²) in [6.07, 6.45) is 0. The van der Waals surface area contributed by atoms with E-state index in [1.54, 1.807) is 0 Å². The monoisotopic (exact) mass is 266 g/mol. The number of ether oxygens (including phenoxy) is 1. The maximum Gasteiger partial charge on any atom is 0.387 e. The van der Waals surface area contributed by atoms with Gasteiger partial charge in [-0.25, -0.2) is 4.79 Å². The summed E-state index contributed by atoms with van der Waals surface area (Å²) in [6, 6.07) is 3.55. The van der Waals surface area contributed by atoms with Crippen LogP contribution in [0.4, 0.5) is 8.78 Å². The number of benzene rings is 1. The maximum absolute atomic E-state index is 11.8. The molecule has 1 rings (SSSR count). The van der Waals surface area contributed by atoms with E-state index in [-0.39, 0.29) is 15.8 Å². The van der Waals surface area contributed by atoms with Crippen LogP contribution in [0.1, 0.15) is 10.4 Å². The van der Waals surface area contributed by atoms with Crippen molar-refractivity contribution in [2.24, 2.45) is 0 Å². The van der Waals surface area contributed by atoms with Crippen LogP contribution in [0, 0.1) is 0 Å². The molecule has 3 nitrogen and oxygen atoms in total. The fraction of sp³-hybridized carbons (Fsp3) is 0.125. The number of carboxylic acids is 1. The predicted octanol–water partition coefficient (Wildman–Crippen LogP) is 2.75. The Kier molecular flexibility index (Phi) is 3.40. The molecule has 0 atom stereocenters. The molecule has 0 aliphatic rings. The minimum absolute atomic E-state index is 0.00140. The molecule has 0 fully saturated rings. The molecule has 0 aromatic heterocycles. The van der Waals surface area contributed by atoms with Gasteiger partial charge >= 0.3 is 12.6 Å². The summed E-state index contributed by atoms with van der Waals surface area (Å²) in [5, 5.41) is 8.57. The molecule has 76 valence electrons. The van der Waals surface area contributed by atoms with Crippen LogP contribution >= 0.6 is 15.9 Å². The molecule has 0 radical (unpaired) electrons. The van der Waals surface area contributed by atoms with Crippen LogP contribution in [0.2, 0.25) is 0 Å². The molecule has 0 unspecified atom stereocenters. The number of hydrogen-bond donors (Lipinski definition) is 1. The summed E-state index contributed by atoms with van der Waals surface area (Å²) in [4.78, 5) is 10.5. The molecule has 1 N–H and O–H groups in total. The van der Waals surface area contributed by atoms with Crippen LogP contribution in [0.3, 0.4) is 0 Å². The van der Waals surface area contributed by atoms with Gasteiger partial charge in [-0.15, -0.1) is 0 Å². The Morgan fingerprint density at radius 2 is 2.14 bits per heavy atom. The number of rotatable bonds is 3. The summed E-state index contributed by atoms with van der Waals surface area (Å²) < 4.78 is 27.9. The molecule has 0 saturated carbocycles. The van der Waals surface area contributed by atoms with E-state index in [0.717, 1.165) is 0 Å². The van der Waals surface area contributed by atoms with Gasteiger partial charge in [-0.1, -0.05) is 0 Å². The average Bonchev–Trinajstić information content (AvgIpc) is 2.07. The molecule has 0 bridgehead atoms. The van der Waals surface area contributed by atoms with E-state index in [1.807, 2.05) is 0 Å². The van der Waals surface area contributed by atoms with Gasteiger partial charge in [-0.05, 0) is 34.1 Å². The standard InChI is InChI=1S/C8H5BrF2O3/c9-5-3-4(7(12)13)1-2-6(5)14-8(10)11/h1-3,8H,(H,12,13).